The fourth-order valence-corrected chi connectivity index (χ4v) is 1.48. The SMILES string of the molecule is C[C@@H](O)[C@H](NC(=O)c1cc(F)cc([N+](=O)[O-])c1F)C(=O)O. The fraction of sp³-hybridized carbons (Fsp3) is 0.273. The van der Waals surface area contributed by atoms with Gasteiger partial charge in [0.05, 0.1) is 22.7 Å². The predicted molar refractivity (Wildman–Crippen MR) is 63.6 cm³/mol. The molecule has 0 spiro atoms. The molecule has 1 amide bonds. The zero-order valence-corrected chi connectivity index (χ0v) is 10.5. The lowest BCUT2D eigenvalue weighted by Crippen LogP contribution is -2.47. The number of rotatable bonds is 5. The van der Waals surface area contributed by atoms with Gasteiger partial charge in [0.25, 0.3) is 5.91 Å². The molecule has 0 saturated carbocycles. The van der Waals surface area contributed by atoms with E-state index in [1.54, 1.807) is 5.32 Å². The molecular weight excluding hydrogens is 294 g/mol. The summed E-state index contributed by atoms with van der Waals surface area (Å²) in [5, 5.41) is 30.2. The molecule has 8 nitrogen and oxygen atoms in total. The summed E-state index contributed by atoms with van der Waals surface area (Å²) in [6.45, 7) is 1.06. The lowest BCUT2D eigenvalue weighted by atomic mass is 10.1. The van der Waals surface area contributed by atoms with Crippen LogP contribution in [0.15, 0.2) is 12.1 Å². The Kier molecular flexibility index (Phi) is 4.87. The number of aliphatic carboxylic acids is 1. The highest BCUT2D eigenvalue weighted by molar-refractivity contribution is 5.97. The first kappa shape index (κ1) is 16.4. The minimum atomic E-state index is -1.78. The molecule has 3 N–H and O–H groups in total. The molecule has 0 aliphatic rings. The van der Waals surface area contributed by atoms with Crippen molar-refractivity contribution in [2.75, 3.05) is 0 Å². The van der Waals surface area contributed by atoms with E-state index in [1.165, 1.54) is 0 Å². The number of carbonyl (C=O) groups excluding carboxylic acids is 1. The Labute approximate surface area is 116 Å². The molecule has 0 fully saturated rings. The van der Waals surface area contributed by atoms with Crippen LogP contribution in [-0.2, 0) is 4.79 Å². The topological polar surface area (TPSA) is 130 Å². The van der Waals surface area contributed by atoms with Gasteiger partial charge in [-0.3, -0.25) is 14.9 Å². The van der Waals surface area contributed by atoms with Gasteiger partial charge in [-0.1, -0.05) is 0 Å². The van der Waals surface area contributed by atoms with Crippen LogP contribution in [0.25, 0.3) is 0 Å². The molecule has 2 atom stereocenters. The molecule has 0 bridgehead atoms. The highest BCUT2D eigenvalue weighted by atomic mass is 19.1. The maximum Gasteiger partial charge on any atom is 0.328 e. The van der Waals surface area contributed by atoms with Crippen molar-refractivity contribution in [2.24, 2.45) is 0 Å². The first-order valence-corrected chi connectivity index (χ1v) is 5.50. The third-order valence-electron chi connectivity index (χ3n) is 2.49. The molecule has 0 unspecified atom stereocenters. The van der Waals surface area contributed by atoms with Gasteiger partial charge in [-0.25, -0.2) is 9.18 Å². The van der Waals surface area contributed by atoms with Crippen molar-refractivity contribution in [3.63, 3.8) is 0 Å². The number of nitrogens with one attached hydrogen (secondary N) is 1. The quantitative estimate of drug-likeness (QED) is 0.534. The van der Waals surface area contributed by atoms with Crippen LogP contribution in [0.3, 0.4) is 0 Å². The van der Waals surface area contributed by atoms with Crippen LogP contribution in [0.2, 0.25) is 0 Å². The number of carboxylic acids is 1. The molecule has 0 radical (unpaired) electrons. The number of carbonyl (C=O) groups is 2. The van der Waals surface area contributed by atoms with Crippen LogP contribution in [0, 0.1) is 21.7 Å². The van der Waals surface area contributed by atoms with Crippen molar-refractivity contribution in [1.82, 2.24) is 5.32 Å². The van der Waals surface area contributed by atoms with E-state index in [4.69, 9.17) is 5.11 Å². The Hall–Kier alpha value is -2.62. The molecule has 1 aromatic carbocycles. The second-order valence-corrected chi connectivity index (χ2v) is 4.07. The number of hydrogen-bond donors (Lipinski definition) is 3. The summed E-state index contributed by atoms with van der Waals surface area (Å²) in [5.41, 5.74) is -2.29. The number of aliphatic hydroxyl groups is 1. The molecule has 0 aliphatic heterocycles. The van der Waals surface area contributed by atoms with E-state index in [1.807, 2.05) is 0 Å². The van der Waals surface area contributed by atoms with E-state index >= 15 is 0 Å². The van der Waals surface area contributed by atoms with Crippen LogP contribution < -0.4 is 5.32 Å². The van der Waals surface area contributed by atoms with Crippen LogP contribution >= 0.6 is 0 Å². The maximum atomic E-state index is 13.7. The first-order valence-electron chi connectivity index (χ1n) is 5.50. The molecular formula is C11H10F2N2O6. The number of carboxylic acid groups (broad SMARTS) is 1. The van der Waals surface area contributed by atoms with Crippen molar-refractivity contribution in [1.29, 1.82) is 0 Å². The largest absolute Gasteiger partial charge is 0.480 e. The smallest absolute Gasteiger partial charge is 0.328 e. The Morgan fingerprint density at radius 1 is 1.38 bits per heavy atom. The second kappa shape index (κ2) is 6.22. The number of benzene rings is 1. The van der Waals surface area contributed by atoms with Gasteiger partial charge in [0.15, 0.2) is 6.04 Å². The summed E-state index contributed by atoms with van der Waals surface area (Å²) in [6.07, 6.45) is -1.52. The second-order valence-electron chi connectivity index (χ2n) is 4.07. The summed E-state index contributed by atoms with van der Waals surface area (Å²) >= 11 is 0. The van der Waals surface area contributed by atoms with Crippen molar-refractivity contribution < 1.29 is 33.5 Å². The average molecular weight is 304 g/mol. The van der Waals surface area contributed by atoms with Crippen LogP contribution in [0.1, 0.15) is 17.3 Å². The molecule has 0 aliphatic carbocycles. The Balaban J connectivity index is 3.19. The van der Waals surface area contributed by atoms with Crippen molar-refractivity contribution in [2.45, 2.75) is 19.1 Å². The molecule has 1 aromatic rings. The van der Waals surface area contributed by atoms with Gasteiger partial charge in [-0.05, 0) is 13.0 Å². The van der Waals surface area contributed by atoms with Crippen LogP contribution in [0.5, 0.6) is 0 Å². The molecule has 1 rings (SSSR count). The molecule has 0 aromatic heterocycles. The number of aliphatic hydroxyl groups excluding tert-OH is 1. The molecule has 10 heteroatoms. The van der Waals surface area contributed by atoms with Crippen molar-refractivity contribution >= 4 is 17.6 Å². The molecule has 21 heavy (non-hydrogen) atoms. The summed E-state index contributed by atoms with van der Waals surface area (Å²) in [5.74, 6) is -5.85. The lowest BCUT2D eigenvalue weighted by Gasteiger charge is -2.17. The molecule has 114 valence electrons. The third-order valence-corrected chi connectivity index (χ3v) is 2.49. The van der Waals surface area contributed by atoms with E-state index in [0.29, 0.717) is 6.07 Å². The van der Waals surface area contributed by atoms with Crippen LogP contribution in [-0.4, -0.2) is 39.2 Å². The van der Waals surface area contributed by atoms with E-state index in [9.17, 15) is 33.6 Å². The predicted octanol–water partition coefficient (Wildman–Crippen LogP) is 0.437. The van der Waals surface area contributed by atoms with Gasteiger partial charge in [-0.15, -0.1) is 0 Å². The van der Waals surface area contributed by atoms with E-state index in [0.717, 1.165) is 6.92 Å². The highest BCUT2D eigenvalue weighted by Crippen LogP contribution is 2.22. The maximum absolute atomic E-state index is 13.7. The van der Waals surface area contributed by atoms with Crippen LogP contribution in [0.4, 0.5) is 14.5 Å². The first-order chi connectivity index (χ1) is 9.65. The van der Waals surface area contributed by atoms with Gasteiger partial charge >= 0.3 is 11.7 Å². The number of halogens is 2. The van der Waals surface area contributed by atoms with Gasteiger partial charge in [0.2, 0.25) is 5.82 Å². The average Bonchev–Trinajstić information content (AvgIpc) is 2.36. The zero-order chi connectivity index (χ0) is 16.3. The number of nitro groups is 1. The summed E-state index contributed by atoms with van der Waals surface area (Å²) in [6, 6.07) is -1.10. The zero-order valence-electron chi connectivity index (χ0n) is 10.5. The number of amides is 1. The normalized spacial score (nSPS) is 13.3. The minimum absolute atomic E-state index is 0.287. The Morgan fingerprint density at radius 3 is 2.38 bits per heavy atom. The van der Waals surface area contributed by atoms with Gasteiger partial charge in [0.1, 0.15) is 5.82 Å². The Bertz CT molecular complexity index is 605. The monoisotopic (exact) mass is 304 g/mol. The third kappa shape index (κ3) is 3.69. The summed E-state index contributed by atoms with van der Waals surface area (Å²) in [7, 11) is 0. The van der Waals surface area contributed by atoms with E-state index < -0.39 is 51.8 Å². The minimum Gasteiger partial charge on any atom is -0.480 e. The lowest BCUT2D eigenvalue weighted by molar-refractivity contribution is -0.387. The van der Waals surface area contributed by atoms with E-state index in [-0.39, 0.29) is 6.07 Å². The van der Waals surface area contributed by atoms with Gasteiger partial charge < -0.3 is 15.5 Å². The Morgan fingerprint density at radius 2 is 1.95 bits per heavy atom. The summed E-state index contributed by atoms with van der Waals surface area (Å²) in [4.78, 5) is 31.8. The number of hydrogen-bond acceptors (Lipinski definition) is 5. The fourth-order valence-electron chi connectivity index (χ4n) is 1.48. The highest BCUT2D eigenvalue weighted by Gasteiger charge is 2.29. The van der Waals surface area contributed by atoms with Gasteiger partial charge in [-0.2, -0.15) is 4.39 Å². The van der Waals surface area contributed by atoms with E-state index in [2.05, 4.69) is 0 Å². The molecule has 0 saturated heterocycles. The number of nitrogens with zero attached hydrogens (tertiary/aromatic N) is 1. The number of nitro benzene ring substituents is 1. The molecule has 0 heterocycles. The standard InChI is InChI=1S/C11H10F2N2O6/c1-4(16)9(11(18)19)14-10(17)6-2-5(12)3-7(8(6)13)15(20)21/h2-4,9,16H,1H3,(H,14,17)(H,18,19)/t4-,9+/m1/s1. The van der Waals surface area contributed by atoms with Gasteiger partial charge in [0, 0.05) is 0 Å². The summed E-state index contributed by atoms with van der Waals surface area (Å²) < 4.78 is 26.9. The van der Waals surface area contributed by atoms with Crippen molar-refractivity contribution in [3.8, 4) is 0 Å². The van der Waals surface area contributed by atoms with Crippen molar-refractivity contribution in [3.05, 3.63) is 39.4 Å².